The second kappa shape index (κ2) is 6.55. The molecule has 0 bridgehead atoms. The summed E-state index contributed by atoms with van der Waals surface area (Å²) in [7, 11) is 4.16. The van der Waals surface area contributed by atoms with Crippen LogP contribution in [0.2, 0.25) is 0 Å². The topological polar surface area (TPSA) is 38.5 Å². The molecule has 0 amide bonds. The van der Waals surface area contributed by atoms with Gasteiger partial charge in [-0.15, -0.1) is 0 Å². The summed E-state index contributed by atoms with van der Waals surface area (Å²) in [6, 6.07) is 0.742. The number of likely N-dealkylation sites (N-methyl/N-ethyl adjacent to an activating group) is 1. The van der Waals surface area contributed by atoms with Gasteiger partial charge in [0.1, 0.15) is 0 Å². The molecule has 2 unspecified atom stereocenters. The molecule has 2 aliphatic rings. The van der Waals surface area contributed by atoms with E-state index in [1.807, 2.05) is 7.11 Å². The average Bonchev–Trinajstić information content (AvgIpc) is 2.46. The van der Waals surface area contributed by atoms with E-state index in [0.29, 0.717) is 6.10 Å². The first-order chi connectivity index (χ1) is 9.11. The monoisotopic (exact) mass is 268 g/mol. The van der Waals surface area contributed by atoms with E-state index in [-0.39, 0.29) is 5.54 Å². The summed E-state index contributed by atoms with van der Waals surface area (Å²) in [5, 5.41) is 0. The minimum Gasteiger partial charge on any atom is -0.381 e. The van der Waals surface area contributed by atoms with E-state index >= 15 is 0 Å². The molecule has 0 aromatic heterocycles. The van der Waals surface area contributed by atoms with Crippen LogP contribution in [0.25, 0.3) is 0 Å². The van der Waals surface area contributed by atoms with Crippen LogP contribution in [0.4, 0.5) is 0 Å². The number of rotatable bonds is 4. The summed E-state index contributed by atoms with van der Waals surface area (Å²) in [6.07, 6.45) is 10.7. The molecule has 19 heavy (non-hydrogen) atoms. The zero-order chi connectivity index (χ0) is 13.9. The Morgan fingerprint density at radius 3 is 2.42 bits per heavy atom. The fraction of sp³-hybridized carbons (Fsp3) is 1.00. The van der Waals surface area contributed by atoms with Gasteiger partial charge < -0.3 is 10.5 Å². The van der Waals surface area contributed by atoms with Crippen molar-refractivity contribution in [2.24, 2.45) is 11.7 Å². The fourth-order valence-corrected chi connectivity index (χ4v) is 4.21. The Balaban J connectivity index is 2.00. The van der Waals surface area contributed by atoms with E-state index in [1.54, 1.807) is 0 Å². The van der Waals surface area contributed by atoms with Gasteiger partial charge in [-0.2, -0.15) is 0 Å². The van der Waals surface area contributed by atoms with Gasteiger partial charge in [-0.05, 0) is 51.5 Å². The third-order valence-corrected chi connectivity index (χ3v) is 5.78. The van der Waals surface area contributed by atoms with Crippen LogP contribution in [0.15, 0.2) is 0 Å². The molecule has 2 N–H and O–H groups in total. The minimum atomic E-state index is 0.233. The number of hydrogen-bond acceptors (Lipinski definition) is 3. The third kappa shape index (κ3) is 3.32. The maximum atomic E-state index is 6.18. The van der Waals surface area contributed by atoms with Crippen LogP contribution in [-0.4, -0.2) is 43.3 Å². The van der Waals surface area contributed by atoms with Crippen molar-refractivity contribution in [3.8, 4) is 0 Å². The van der Waals surface area contributed by atoms with Crippen molar-refractivity contribution in [1.82, 2.24) is 4.90 Å². The Bertz CT molecular complexity index is 274. The number of nitrogens with zero attached hydrogens (tertiary/aromatic N) is 1. The summed E-state index contributed by atoms with van der Waals surface area (Å²) in [5.74, 6) is 0.881. The van der Waals surface area contributed by atoms with Crippen LogP contribution in [0.3, 0.4) is 0 Å². The first-order valence-electron chi connectivity index (χ1n) is 8.07. The molecule has 0 spiro atoms. The molecule has 0 saturated heterocycles. The normalized spacial score (nSPS) is 40.6. The lowest BCUT2D eigenvalue weighted by atomic mass is 9.76. The lowest BCUT2D eigenvalue weighted by Crippen LogP contribution is -2.58. The van der Waals surface area contributed by atoms with Gasteiger partial charge in [-0.3, -0.25) is 4.90 Å². The second-order valence-electron chi connectivity index (χ2n) is 6.90. The molecular formula is C16H32N2O. The van der Waals surface area contributed by atoms with Crippen LogP contribution in [0.1, 0.15) is 58.3 Å². The van der Waals surface area contributed by atoms with Crippen LogP contribution in [-0.2, 0) is 4.74 Å². The first-order valence-corrected chi connectivity index (χ1v) is 8.07. The lowest BCUT2D eigenvalue weighted by Gasteiger charge is -2.50. The highest BCUT2D eigenvalue weighted by Crippen LogP contribution is 2.38. The Kier molecular flexibility index (Phi) is 5.27. The van der Waals surface area contributed by atoms with E-state index < -0.39 is 0 Å². The molecule has 0 aromatic carbocycles. The molecule has 112 valence electrons. The Hall–Kier alpha value is -0.120. The highest BCUT2D eigenvalue weighted by molar-refractivity contribution is 4.98. The van der Waals surface area contributed by atoms with Crippen molar-refractivity contribution in [1.29, 1.82) is 0 Å². The van der Waals surface area contributed by atoms with E-state index in [9.17, 15) is 0 Å². The van der Waals surface area contributed by atoms with Gasteiger partial charge in [0.25, 0.3) is 0 Å². The number of hydrogen-bond donors (Lipinski definition) is 1. The molecule has 2 fully saturated rings. The zero-order valence-corrected chi connectivity index (χ0v) is 13.0. The molecule has 3 heteroatoms. The second-order valence-corrected chi connectivity index (χ2v) is 6.90. The van der Waals surface area contributed by atoms with Crippen molar-refractivity contribution in [3.05, 3.63) is 0 Å². The average molecular weight is 268 g/mol. The number of ether oxygens (including phenoxy) is 1. The van der Waals surface area contributed by atoms with E-state index in [1.165, 1.54) is 51.4 Å². The zero-order valence-electron chi connectivity index (χ0n) is 13.0. The van der Waals surface area contributed by atoms with E-state index in [4.69, 9.17) is 10.5 Å². The maximum Gasteiger partial charge on any atom is 0.0572 e. The molecule has 0 radical (unpaired) electrons. The van der Waals surface area contributed by atoms with Gasteiger partial charge >= 0.3 is 0 Å². The van der Waals surface area contributed by atoms with Crippen molar-refractivity contribution < 1.29 is 4.74 Å². The van der Waals surface area contributed by atoms with Gasteiger partial charge in [-0.1, -0.05) is 19.8 Å². The molecule has 0 heterocycles. The quantitative estimate of drug-likeness (QED) is 0.852. The standard InChI is InChI=1S/C16H32N2O/c1-13-5-4-6-14(11-13)18(2)16(12-17)9-7-15(19-3)8-10-16/h13-15H,4-12,17H2,1-3H3. The van der Waals surface area contributed by atoms with Gasteiger partial charge in [0.05, 0.1) is 6.10 Å². The molecule has 0 aromatic rings. The summed E-state index contributed by atoms with van der Waals surface area (Å²) in [5.41, 5.74) is 6.42. The van der Waals surface area contributed by atoms with Gasteiger partial charge in [0.15, 0.2) is 0 Å². The predicted molar refractivity (Wildman–Crippen MR) is 80.2 cm³/mol. The summed E-state index contributed by atoms with van der Waals surface area (Å²) >= 11 is 0. The summed E-state index contributed by atoms with van der Waals surface area (Å²) in [4.78, 5) is 2.65. The van der Waals surface area contributed by atoms with Crippen LogP contribution < -0.4 is 5.73 Å². The fourth-order valence-electron chi connectivity index (χ4n) is 4.21. The number of methoxy groups -OCH3 is 1. The lowest BCUT2D eigenvalue weighted by molar-refractivity contribution is -0.0231. The molecule has 0 aliphatic heterocycles. The molecule has 2 atom stereocenters. The summed E-state index contributed by atoms with van der Waals surface area (Å²) in [6.45, 7) is 3.20. The maximum absolute atomic E-state index is 6.18. The first kappa shape index (κ1) is 15.3. The predicted octanol–water partition coefficient (Wildman–Crippen LogP) is 2.78. The van der Waals surface area contributed by atoms with E-state index in [2.05, 4.69) is 18.9 Å². The largest absolute Gasteiger partial charge is 0.381 e. The smallest absolute Gasteiger partial charge is 0.0572 e. The van der Waals surface area contributed by atoms with Crippen LogP contribution >= 0.6 is 0 Å². The Morgan fingerprint density at radius 2 is 1.89 bits per heavy atom. The molecule has 3 nitrogen and oxygen atoms in total. The molecule has 2 aliphatic carbocycles. The molecular weight excluding hydrogens is 236 g/mol. The van der Waals surface area contributed by atoms with Crippen molar-refractivity contribution in [3.63, 3.8) is 0 Å². The van der Waals surface area contributed by atoms with Gasteiger partial charge in [-0.25, -0.2) is 0 Å². The van der Waals surface area contributed by atoms with Gasteiger partial charge in [0.2, 0.25) is 0 Å². The third-order valence-electron chi connectivity index (χ3n) is 5.78. The Morgan fingerprint density at radius 1 is 1.21 bits per heavy atom. The van der Waals surface area contributed by atoms with E-state index in [0.717, 1.165) is 18.5 Å². The van der Waals surface area contributed by atoms with Crippen molar-refractivity contribution >= 4 is 0 Å². The van der Waals surface area contributed by atoms with Crippen LogP contribution in [0, 0.1) is 5.92 Å². The van der Waals surface area contributed by atoms with Crippen molar-refractivity contribution in [2.45, 2.75) is 76.0 Å². The van der Waals surface area contributed by atoms with Crippen LogP contribution in [0.5, 0.6) is 0 Å². The minimum absolute atomic E-state index is 0.233. The van der Waals surface area contributed by atoms with Crippen molar-refractivity contribution in [2.75, 3.05) is 20.7 Å². The molecule has 2 saturated carbocycles. The Labute approximate surface area is 118 Å². The number of nitrogens with two attached hydrogens (primary N) is 1. The molecule has 2 rings (SSSR count). The highest BCUT2D eigenvalue weighted by atomic mass is 16.5. The van der Waals surface area contributed by atoms with Gasteiger partial charge in [0, 0.05) is 25.2 Å². The highest BCUT2D eigenvalue weighted by Gasteiger charge is 2.41. The SMILES string of the molecule is COC1CCC(CN)(N(C)C2CCCC(C)C2)CC1. The summed E-state index contributed by atoms with van der Waals surface area (Å²) < 4.78 is 5.51.